The first-order chi connectivity index (χ1) is 19.5. The van der Waals surface area contributed by atoms with E-state index < -0.39 is 0 Å². The van der Waals surface area contributed by atoms with E-state index in [1.807, 2.05) is 54.8 Å². The van der Waals surface area contributed by atoms with Gasteiger partial charge in [0.25, 0.3) is 0 Å². The molecular formula is C30H27Cl2FN6OS2. The number of fused-ring (bicyclic) bond motifs is 1. The van der Waals surface area contributed by atoms with Crippen LogP contribution in [0.25, 0.3) is 5.65 Å². The Hall–Kier alpha value is -3.70. The van der Waals surface area contributed by atoms with Crippen molar-refractivity contribution in [2.75, 3.05) is 5.32 Å². The third kappa shape index (κ3) is 7.57. The fraction of sp³-hybridized carbons (Fsp3) is 0.133. The number of ether oxygens (including phenoxy) is 1. The van der Waals surface area contributed by atoms with E-state index in [-0.39, 0.29) is 30.6 Å². The lowest BCUT2D eigenvalue weighted by molar-refractivity contribution is 0.479. The summed E-state index contributed by atoms with van der Waals surface area (Å²) in [5, 5.41) is 11.6. The number of nitrogens with zero attached hydrogens (tertiary/aromatic N) is 5. The summed E-state index contributed by atoms with van der Waals surface area (Å²) in [6.07, 6.45) is 3.55. The van der Waals surface area contributed by atoms with Gasteiger partial charge in [0.15, 0.2) is 22.3 Å². The second-order valence-corrected chi connectivity index (χ2v) is 11.2. The average Bonchev–Trinajstić information content (AvgIpc) is 3.56. The number of pyridine rings is 1. The van der Waals surface area contributed by atoms with E-state index in [0.717, 1.165) is 50.6 Å². The summed E-state index contributed by atoms with van der Waals surface area (Å²) in [5.41, 5.74) is 4.87. The highest BCUT2D eigenvalue weighted by Crippen LogP contribution is 2.37. The van der Waals surface area contributed by atoms with Gasteiger partial charge >= 0.3 is 0 Å². The Bertz CT molecular complexity index is 1780. The number of halogens is 3. The molecule has 0 aliphatic rings. The molecule has 0 radical (unpaired) electrons. The van der Waals surface area contributed by atoms with Crippen LogP contribution in [0.3, 0.4) is 0 Å². The topological polar surface area (TPSA) is 77.2 Å². The van der Waals surface area contributed by atoms with Crippen molar-refractivity contribution in [3.63, 3.8) is 0 Å². The maximum atomic E-state index is 13.5. The maximum absolute atomic E-state index is 13.5. The largest absolute Gasteiger partial charge is 0.453 e. The van der Waals surface area contributed by atoms with Crippen molar-refractivity contribution in [2.45, 2.75) is 36.6 Å². The maximum Gasteiger partial charge on any atom is 0.188 e. The Labute approximate surface area is 263 Å². The number of thiazole rings is 1. The molecule has 6 aromatic rings. The Morgan fingerprint density at radius 1 is 0.929 bits per heavy atom. The summed E-state index contributed by atoms with van der Waals surface area (Å²) in [6, 6.07) is 22.1. The number of hydrogen-bond acceptors (Lipinski definition) is 8. The molecule has 0 aliphatic carbocycles. The standard InChI is InChI=1S/C30H25FN6OS2.2ClH/c1-19-15-28(37-27(33-19)14-20(2)36-37)40-25-16-26(38-24-12-9-22(31)10-13-24)29(32-17-25)35-30-34-23(18-39-30)11-8-21-6-4-3-5-7-21;;/h3-7,9-10,12-18H,8,11H2,1-2H3,(H,32,34,35);2*1H. The number of aromatic nitrogens is 5. The Morgan fingerprint density at radius 2 is 1.71 bits per heavy atom. The van der Waals surface area contributed by atoms with Crippen LogP contribution in [-0.2, 0) is 12.8 Å². The predicted molar refractivity (Wildman–Crippen MR) is 171 cm³/mol. The number of hydrogen-bond donors (Lipinski definition) is 1. The Kier molecular flexibility index (Phi) is 10.4. The first-order valence-electron chi connectivity index (χ1n) is 12.7. The van der Waals surface area contributed by atoms with Crippen LogP contribution < -0.4 is 10.1 Å². The molecular weight excluding hydrogens is 614 g/mol. The molecule has 12 heteroatoms. The lowest BCUT2D eigenvalue weighted by Crippen LogP contribution is -1.99. The van der Waals surface area contributed by atoms with Crippen molar-refractivity contribution in [1.82, 2.24) is 24.6 Å². The van der Waals surface area contributed by atoms with E-state index >= 15 is 0 Å². The molecule has 0 saturated heterocycles. The highest BCUT2D eigenvalue weighted by molar-refractivity contribution is 7.99. The van der Waals surface area contributed by atoms with E-state index in [0.29, 0.717) is 17.3 Å². The number of benzene rings is 2. The minimum Gasteiger partial charge on any atom is -0.453 e. The van der Waals surface area contributed by atoms with Gasteiger partial charge in [-0.3, -0.25) is 0 Å². The molecule has 0 amide bonds. The van der Waals surface area contributed by atoms with Gasteiger partial charge in [-0.1, -0.05) is 42.1 Å². The molecule has 6 rings (SSSR count). The van der Waals surface area contributed by atoms with Crippen molar-refractivity contribution in [2.24, 2.45) is 0 Å². The lowest BCUT2D eigenvalue weighted by atomic mass is 10.1. The normalized spacial score (nSPS) is 10.6. The van der Waals surface area contributed by atoms with E-state index in [4.69, 9.17) is 9.72 Å². The highest BCUT2D eigenvalue weighted by Gasteiger charge is 2.15. The summed E-state index contributed by atoms with van der Waals surface area (Å²) >= 11 is 3.03. The summed E-state index contributed by atoms with van der Waals surface area (Å²) in [7, 11) is 0. The van der Waals surface area contributed by atoms with Crippen molar-refractivity contribution in [3.05, 3.63) is 113 Å². The summed E-state index contributed by atoms with van der Waals surface area (Å²) in [5.74, 6) is 1.19. The molecule has 0 aliphatic heterocycles. The molecule has 2 aromatic carbocycles. The van der Waals surface area contributed by atoms with E-state index in [1.54, 1.807) is 18.3 Å². The van der Waals surface area contributed by atoms with Crippen molar-refractivity contribution in [1.29, 1.82) is 0 Å². The van der Waals surface area contributed by atoms with Crippen molar-refractivity contribution < 1.29 is 9.13 Å². The minimum absolute atomic E-state index is 0. The van der Waals surface area contributed by atoms with Crippen LogP contribution in [-0.4, -0.2) is 24.6 Å². The molecule has 4 heterocycles. The summed E-state index contributed by atoms with van der Waals surface area (Å²) in [4.78, 5) is 14.9. The molecule has 216 valence electrons. The molecule has 0 atom stereocenters. The van der Waals surface area contributed by atoms with Crippen molar-refractivity contribution in [3.8, 4) is 11.5 Å². The first kappa shape index (κ1) is 31.2. The van der Waals surface area contributed by atoms with Crippen molar-refractivity contribution >= 4 is 64.5 Å². The highest BCUT2D eigenvalue weighted by atomic mass is 35.5. The minimum atomic E-state index is -0.328. The van der Waals surface area contributed by atoms with Crippen LogP contribution in [0, 0.1) is 19.7 Å². The van der Waals surface area contributed by atoms with Gasteiger partial charge in [-0.2, -0.15) is 5.10 Å². The van der Waals surface area contributed by atoms with Gasteiger partial charge in [-0.25, -0.2) is 23.9 Å². The van der Waals surface area contributed by atoms with Gasteiger partial charge in [-0.15, -0.1) is 36.2 Å². The van der Waals surface area contributed by atoms with E-state index in [1.165, 1.54) is 40.8 Å². The Balaban J connectivity index is 0.00000202. The van der Waals surface area contributed by atoms with Crippen LogP contribution in [0.15, 0.2) is 94.3 Å². The molecule has 7 nitrogen and oxygen atoms in total. The quantitative estimate of drug-likeness (QED) is 0.158. The zero-order valence-electron chi connectivity index (χ0n) is 22.7. The van der Waals surface area contributed by atoms with Gasteiger partial charge in [-0.05, 0) is 62.6 Å². The fourth-order valence-corrected chi connectivity index (χ4v) is 5.86. The van der Waals surface area contributed by atoms with Crippen LogP contribution in [0.1, 0.15) is 22.6 Å². The molecule has 42 heavy (non-hydrogen) atoms. The molecule has 4 aromatic heterocycles. The molecule has 0 unspecified atom stereocenters. The predicted octanol–water partition coefficient (Wildman–Crippen LogP) is 8.65. The molecule has 1 N–H and O–H groups in total. The number of aryl methyl sites for hydroxylation is 4. The third-order valence-electron chi connectivity index (χ3n) is 6.03. The van der Waals surface area contributed by atoms with E-state index in [2.05, 4.69) is 37.9 Å². The number of anilines is 2. The zero-order chi connectivity index (χ0) is 27.5. The summed E-state index contributed by atoms with van der Waals surface area (Å²) in [6.45, 7) is 3.91. The smallest absolute Gasteiger partial charge is 0.188 e. The Morgan fingerprint density at radius 3 is 2.50 bits per heavy atom. The molecule has 0 fully saturated rings. The molecule has 0 saturated carbocycles. The third-order valence-corrected chi connectivity index (χ3v) is 7.79. The number of nitrogens with one attached hydrogen (secondary N) is 1. The van der Waals surface area contributed by atoms with Gasteiger partial charge in [0.05, 0.1) is 11.4 Å². The first-order valence-corrected chi connectivity index (χ1v) is 14.4. The van der Waals surface area contributed by atoms with Crippen LogP contribution in [0.2, 0.25) is 0 Å². The van der Waals surface area contributed by atoms with Gasteiger partial charge in [0.1, 0.15) is 16.6 Å². The fourth-order valence-electron chi connectivity index (χ4n) is 4.16. The number of rotatable bonds is 9. The van der Waals surface area contributed by atoms with Crippen LogP contribution in [0.5, 0.6) is 11.5 Å². The molecule has 0 spiro atoms. The second kappa shape index (κ2) is 14.0. The molecule has 0 bridgehead atoms. The monoisotopic (exact) mass is 640 g/mol. The SMILES string of the molecule is Cc1cc(Sc2cnc(Nc3nc(CCc4ccccc4)cs3)c(Oc3ccc(F)cc3)c2)n2nc(C)cc2n1.Cl.Cl. The van der Waals surface area contributed by atoms with E-state index in [9.17, 15) is 4.39 Å². The average molecular weight is 642 g/mol. The van der Waals surface area contributed by atoms with Gasteiger partial charge < -0.3 is 10.1 Å². The summed E-state index contributed by atoms with van der Waals surface area (Å²) < 4.78 is 21.5. The van der Waals surface area contributed by atoms with Crippen LogP contribution >= 0.6 is 47.9 Å². The van der Waals surface area contributed by atoms with Gasteiger partial charge in [0, 0.05) is 34.3 Å². The zero-order valence-corrected chi connectivity index (χ0v) is 25.9. The lowest BCUT2D eigenvalue weighted by Gasteiger charge is -2.13. The second-order valence-electron chi connectivity index (χ2n) is 9.22. The van der Waals surface area contributed by atoms with Crippen LogP contribution in [0.4, 0.5) is 15.3 Å². The van der Waals surface area contributed by atoms with Gasteiger partial charge in [0.2, 0.25) is 0 Å².